The van der Waals surface area contributed by atoms with Gasteiger partial charge in [-0.05, 0) is 0 Å². The third kappa shape index (κ3) is 1.80. The molecule has 1 saturated heterocycles. The molecule has 7 heteroatoms. The number of carboxylic acids is 1. The van der Waals surface area contributed by atoms with E-state index in [1.54, 1.807) is 0 Å². The second kappa shape index (κ2) is 2.99. The van der Waals surface area contributed by atoms with Crippen molar-refractivity contribution in [1.29, 1.82) is 0 Å². The van der Waals surface area contributed by atoms with E-state index < -0.39 is 32.7 Å². The molecule has 1 amide bonds. The summed E-state index contributed by atoms with van der Waals surface area (Å²) in [4.78, 5) is 22.5. The lowest BCUT2D eigenvalue weighted by molar-refractivity contribution is -0.137. The molecule has 74 valence electrons. The number of nitrogens with zero attached hydrogens (tertiary/aromatic N) is 1. The van der Waals surface area contributed by atoms with E-state index in [9.17, 15) is 18.0 Å². The van der Waals surface area contributed by atoms with Gasteiger partial charge in [-0.2, -0.15) is 0 Å². The van der Waals surface area contributed by atoms with Crippen LogP contribution < -0.4 is 0 Å². The molecule has 1 N–H and O–H groups in total. The van der Waals surface area contributed by atoms with E-state index in [4.69, 9.17) is 5.11 Å². The number of carboxylic acid groups (broad SMARTS) is 1. The van der Waals surface area contributed by atoms with Crippen molar-refractivity contribution in [3.05, 3.63) is 0 Å². The van der Waals surface area contributed by atoms with Crippen molar-refractivity contribution >= 4 is 21.7 Å². The maximum absolute atomic E-state index is 11.2. The number of rotatable bonds is 1. The van der Waals surface area contributed by atoms with Gasteiger partial charge in [-0.15, -0.1) is 0 Å². The molecule has 1 aliphatic heterocycles. The average Bonchev–Trinajstić information content (AvgIpc) is 1.95. The second-order valence-electron chi connectivity index (χ2n) is 2.91. The van der Waals surface area contributed by atoms with Crippen LogP contribution in [0.15, 0.2) is 0 Å². The quantitative estimate of drug-likeness (QED) is 0.555. The molecule has 0 bridgehead atoms. The van der Waals surface area contributed by atoms with E-state index in [0.29, 0.717) is 0 Å². The van der Waals surface area contributed by atoms with Gasteiger partial charge in [-0.25, -0.2) is 8.42 Å². The van der Waals surface area contributed by atoms with Crippen LogP contribution in [0, 0.1) is 0 Å². The van der Waals surface area contributed by atoms with E-state index in [2.05, 4.69) is 0 Å². The summed E-state index contributed by atoms with van der Waals surface area (Å²) in [7, 11) is -2.41. The molecule has 0 aromatic carbocycles. The van der Waals surface area contributed by atoms with Gasteiger partial charge >= 0.3 is 5.97 Å². The molecule has 0 radical (unpaired) electrons. The third-order valence-corrected chi connectivity index (χ3v) is 3.77. The summed E-state index contributed by atoms with van der Waals surface area (Å²) in [6.07, 6.45) is 0. The lowest BCUT2D eigenvalue weighted by atomic mass is 10.4. The van der Waals surface area contributed by atoms with Crippen molar-refractivity contribution in [2.45, 2.75) is 5.25 Å². The van der Waals surface area contributed by atoms with Crippen LogP contribution in [-0.4, -0.2) is 54.9 Å². The molecule has 0 aliphatic carbocycles. The molecule has 0 saturated carbocycles. The fourth-order valence-electron chi connectivity index (χ4n) is 1.08. The van der Waals surface area contributed by atoms with Crippen LogP contribution in [0.2, 0.25) is 0 Å². The average molecular weight is 207 g/mol. The van der Waals surface area contributed by atoms with Crippen LogP contribution >= 0.6 is 0 Å². The number of hydrogen-bond acceptors (Lipinski definition) is 4. The maximum atomic E-state index is 11.2. The first kappa shape index (κ1) is 9.97. The number of sulfone groups is 1. The van der Waals surface area contributed by atoms with Gasteiger partial charge in [-0.3, -0.25) is 9.59 Å². The smallest absolute Gasteiger partial charge is 0.323 e. The highest BCUT2D eigenvalue weighted by Gasteiger charge is 2.40. The Kier molecular flexibility index (Phi) is 2.29. The van der Waals surface area contributed by atoms with Gasteiger partial charge in [0.1, 0.15) is 5.75 Å². The molecular weight excluding hydrogens is 198 g/mol. The minimum absolute atomic E-state index is 0.267. The molecule has 13 heavy (non-hydrogen) atoms. The maximum Gasteiger partial charge on any atom is 0.323 e. The van der Waals surface area contributed by atoms with E-state index in [0.717, 1.165) is 4.90 Å². The topological polar surface area (TPSA) is 91.8 Å². The molecule has 1 unspecified atom stereocenters. The zero-order valence-electron chi connectivity index (χ0n) is 6.93. The fourth-order valence-corrected chi connectivity index (χ4v) is 2.60. The normalized spacial score (nSPS) is 27.3. The predicted molar refractivity (Wildman–Crippen MR) is 42.8 cm³/mol. The molecular formula is C6H9NO5S. The van der Waals surface area contributed by atoms with Crippen LogP contribution in [0.25, 0.3) is 0 Å². The number of amides is 1. The fraction of sp³-hybridized carbons (Fsp3) is 0.667. The minimum atomic E-state index is -3.80. The summed E-state index contributed by atoms with van der Waals surface area (Å²) in [6, 6.07) is 0. The van der Waals surface area contributed by atoms with E-state index in [1.807, 2.05) is 0 Å². The van der Waals surface area contributed by atoms with Gasteiger partial charge in [0.15, 0.2) is 15.1 Å². The Morgan fingerprint density at radius 3 is 2.62 bits per heavy atom. The number of hydrogen-bond donors (Lipinski definition) is 1. The standard InChI is InChI=1S/C6H9NO5S/c1-7-2-4(6(9)10)13(11,12)3-5(7)8/h4H,2-3H2,1H3,(H,9,10). The molecule has 0 aromatic rings. The van der Waals surface area contributed by atoms with Crippen molar-refractivity contribution in [1.82, 2.24) is 4.90 Å². The van der Waals surface area contributed by atoms with Gasteiger partial charge in [0, 0.05) is 13.6 Å². The molecule has 6 nitrogen and oxygen atoms in total. The van der Waals surface area contributed by atoms with Gasteiger partial charge in [0.2, 0.25) is 5.91 Å². The van der Waals surface area contributed by atoms with Gasteiger partial charge in [-0.1, -0.05) is 0 Å². The van der Waals surface area contributed by atoms with E-state index in [-0.39, 0.29) is 6.54 Å². The van der Waals surface area contributed by atoms with Gasteiger partial charge in [0.05, 0.1) is 0 Å². The second-order valence-corrected chi connectivity index (χ2v) is 5.09. The van der Waals surface area contributed by atoms with Crippen molar-refractivity contribution in [3.8, 4) is 0 Å². The molecule has 1 heterocycles. The van der Waals surface area contributed by atoms with Crippen molar-refractivity contribution in [3.63, 3.8) is 0 Å². The van der Waals surface area contributed by atoms with Crippen LogP contribution in [0.5, 0.6) is 0 Å². The Labute approximate surface area is 75.1 Å². The summed E-state index contributed by atoms with van der Waals surface area (Å²) >= 11 is 0. The summed E-state index contributed by atoms with van der Waals surface area (Å²) in [5, 5.41) is 7.08. The Balaban J connectivity index is 2.99. The highest BCUT2D eigenvalue weighted by molar-refractivity contribution is 7.93. The summed E-state index contributed by atoms with van der Waals surface area (Å²) in [5.74, 6) is -2.67. The monoisotopic (exact) mass is 207 g/mol. The number of carbonyl (C=O) groups excluding carboxylic acids is 1. The largest absolute Gasteiger partial charge is 0.480 e. The predicted octanol–water partition coefficient (Wildman–Crippen LogP) is -1.67. The molecule has 1 atom stereocenters. The molecule has 0 spiro atoms. The third-order valence-electron chi connectivity index (χ3n) is 1.90. The molecule has 1 aliphatic rings. The zero-order valence-corrected chi connectivity index (χ0v) is 7.74. The van der Waals surface area contributed by atoms with Crippen molar-refractivity contribution in [2.75, 3.05) is 19.3 Å². The minimum Gasteiger partial charge on any atom is -0.480 e. The van der Waals surface area contributed by atoms with Crippen LogP contribution in [0.1, 0.15) is 0 Å². The summed E-state index contributed by atoms with van der Waals surface area (Å²) in [5.41, 5.74) is 0. The van der Waals surface area contributed by atoms with Gasteiger partial charge < -0.3 is 10.0 Å². The summed E-state index contributed by atoms with van der Waals surface area (Å²) < 4.78 is 22.3. The lowest BCUT2D eigenvalue weighted by Crippen LogP contribution is -2.51. The molecule has 0 aromatic heterocycles. The van der Waals surface area contributed by atoms with Gasteiger partial charge in [0.25, 0.3) is 0 Å². The summed E-state index contributed by atoms with van der Waals surface area (Å²) in [6.45, 7) is -0.267. The van der Waals surface area contributed by atoms with Crippen LogP contribution in [0.4, 0.5) is 0 Å². The number of carbonyl (C=O) groups is 2. The lowest BCUT2D eigenvalue weighted by Gasteiger charge is -2.26. The van der Waals surface area contributed by atoms with Crippen molar-refractivity contribution in [2.24, 2.45) is 0 Å². The molecule has 1 rings (SSSR count). The van der Waals surface area contributed by atoms with Crippen LogP contribution in [0.3, 0.4) is 0 Å². The van der Waals surface area contributed by atoms with Crippen molar-refractivity contribution < 1.29 is 23.1 Å². The zero-order chi connectivity index (χ0) is 10.2. The Hall–Kier alpha value is -1.11. The highest BCUT2D eigenvalue weighted by Crippen LogP contribution is 2.12. The highest BCUT2D eigenvalue weighted by atomic mass is 32.2. The van der Waals surface area contributed by atoms with Crippen LogP contribution in [-0.2, 0) is 19.4 Å². The Morgan fingerprint density at radius 1 is 1.62 bits per heavy atom. The van der Waals surface area contributed by atoms with E-state index in [1.165, 1.54) is 7.05 Å². The van der Waals surface area contributed by atoms with E-state index >= 15 is 0 Å². The Bertz CT molecular complexity index is 346. The first-order valence-corrected chi connectivity index (χ1v) is 5.24. The SMILES string of the molecule is CN1CC(C(=O)O)S(=O)(=O)CC1=O. The first-order chi connectivity index (χ1) is 5.84. The Morgan fingerprint density at radius 2 is 2.15 bits per heavy atom. The first-order valence-electron chi connectivity index (χ1n) is 3.53. The number of aliphatic carboxylic acids is 1. The molecule has 1 fully saturated rings.